The number of para-hydroxylation sites is 1. The summed E-state index contributed by atoms with van der Waals surface area (Å²) < 4.78 is 3.71. The molecule has 1 aliphatic rings. The normalized spacial score (nSPS) is 13.7. The number of aromatic nitrogens is 6. The SMILES string of the molecule is Cc1nn(-c2ccccc2)c(C)c1NC(=O)CCSc1nnnn1C1CC1. The lowest BCUT2D eigenvalue weighted by Crippen LogP contribution is -2.13. The standard InChI is InChI=1S/C18H21N7OS/c1-12-17(13(2)24(21-12)14-6-4-3-5-7-14)19-16(26)10-11-27-18-20-22-23-25(18)15-8-9-15/h3-7,15H,8-11H2,1-2H3,(H,19,26). The van der Waals surface area contributed by atoms with Crippen LogP contribution in [0.15, 0.2) is 35.5 Å². The molecule has 0 atom stereocenters. The summed E-state index contributed by atoms with van der Waals surface area (Å²) in [4.78, 5) is 12.4. The van der Waals surface area contributed by atoms with Gasteiger partial charge in [0.15, 0.2) is 0 Å². The van der Waals surface area contributed by atoms with Gasteiger partial charge in [-0.05, 0) is 49.2 Å². The van der Waals surface area contributed by atoms with Crippen LogP contribution in [0.2, 0.25) is 0 Å². The zero-order valence-corrected chi connectivity index (χ0v) is 16.1. The molecule has 4 rings (SSSR count). The van der Waals surface area contributed by atoms with Crippen molar-refractivity contribution in [2.75, 3.05) is 11.1 Å². The fourth-order valence-corrected chi connectivity index (χ4v) is 3.79. The van der Waals surface area contributed by atoms with Crippen molar-refractivity contribution < 1.29 is 4.79 Å². The number of rotatable bonds is 7. The fourth-order valence-electron chi connectivity index (χ4n) is 2.91. The van der Waals surface area contributed by atoms with Crippen LogP contribution in [0.5, 0.6) is 0 Å². The smallest absolute Gasteiger partial charge is 0.225 e. The third-order valence-corrected chi connectivity index (χ3v) is 5.41. The molecule has 1 aromatic carbocycles. The fraction of sp³-hybridized carbons (Fsp3) is 0.389. The Balaban J connectivity index is 1.37. The average Bonchev–Trinajstić information content (AvgIpc) is 3.35. The van der Waals surface area contributed by atoms with Crippen LogP contribution in [0.1, 0.15) is 36.7 Å². The highest BCUT2D eigenvalue weighted by Crippen LogP contribution is 2.36. The first-order valence-corrected chi connectivity index (χ1v) is 9.94. The number of carbonyl (C=O) groups excluding carboxylic acids is 1. The van der Waals surface area contributed by atoms with Gasteiger partial charge in [0, 0.05) is 12.2 Å². The van der Waals surface area contributed by atoms with E-state index in [9.17, 15) is 4.79 Å². The van der Waals surface area contributed by atoms with Gasteiger partial charge in [-0.1, -0.05) is 30.0 Å². The van der Waals surface area contributed by atoms with Crippen molar-refractivity contribution in [2.45, 2.75) is 44.3 Å². The number of thioether (sulfide) groups is 1. The zero-order chi connectivity index (χ0) is 18.8. The number of aryl methyl sites for hydroxylation is 1. The Bertz CT molecular complexity index is 946. The second-order valence-electron chi connectivity index (χ2n) is 6.58. The Morgan fingerprint density at radius 2 is 2.04 bits per heavy atom. The quantitative estimate of drug-likeness (QED) is 0.631. The highest BCUT2D eigenvalue weighted by molar-refractivity contribution is 7.99. The molecule has 9 heteroatoms. The number of hydrogen-bond acceptors (Lipinski definition) is 6. The number of nitrogens with one attached hydrogen (secondary N) is 1. The first-order valence-electron chi connectivity index (χ1n) is 8.95. The van der Waals surface area contributed by atoms with Crippen molar-refractivity contribution >= 4 is 23.4 Å². The van der Waals surface area contributed by atoms with E-state index in [4.69, 9.17) is 0 Å². The molecule has 0 saturated heterocycles. The summed E-state index contributed by atoms with van der Waals surface area (Å²) >= 11 is 1.52. The van der Waals surface area contributed by atoms with Gasteiger partial charge in [0.1, 0.15) is 0 Å². The second-order valence-corrected chi connectivity index (χ2v) is 7.64. The van der Waals surface area contributed by atoms with E-state index in [2.05, 4.69) is 25.9 Å². The van der Waals surface area contributed by atoms with E-state index in [0.717, 1.165) is 40.8 Å². The average molecular weight is 383 g/mol. The van der Waals surface area contributed by atoms with Crippen LogP contribution in [0, 0.1) is 13.8 Å². The topological polar surface area (TPSA) is 90.5 Å². The molecular formula is C18H21N7OS. The molecule has 0 radical (unpaired) electrons. The highest BCUT2D eigenvalue weighted by Gasteiger charge is 2.27. The first kappa shape index (κ1) is 17.7. The minimum absolute atomic E-state index is 0.0354. The third-order valence-electron chi connectivity index (χ3n) is 4.47. The minimum Gasteiger partial charge on any atom is -0.323 e. The van der Waals surface area contributed by atoms with Crippen LogP contribution in [-0.4, -0.2) is 41.6 Å². The Kier molecular flexibility index (Phi) is 4.93. The van der Waals surface area contributed by atoms with Gasteiger partial charge in [-0.15, -0.1) is 5.10 Å². The predicted octanol–water partition coefficient (Wildman–Crippen LogP) is 2.93. The molecular weight excluding hydrogens is 362 g/mol. The number of amides is 1. The van der Waals surface area contributed by atoms with Crippen LogP contribution in [0.3, 0.4) is 0 Å². The summed E-state index contributed by atoms with van der Waals surface area (Å²) in [5.74, 6) is 0.593. The maximum Gasteiger partial charge on any atom is 0.225 e. The van der Waals surface area contributed by atoms with Crippen LogP contribution >= 0.6 is 11.8 Å². The maximum absolute atomic E-state index is 12.4. The van der Waals surface area contributed by atoms with E-state index in [-0.39, 0.29) is 5.91 Å². The van der Waals surface area contributed by atoms with Gasteiger partial charge in [-0.3, -0.25) is 4.79 Å². The summed E-state index contributed by atoms with van der Waals surface area (Å²) in [6.45, 7) is 3.86. The second kappa shape index (κ2) is 7.51. The van der Waals surface area contributed by atoms with E-state index >= 15 is 0 Å². The van der Waals surface area contributed by atoms with Gasteiger partial charge >= 0.3 is 0 Å². The number of hydrogen-bond donors (Lipinski definition) is 1. The van der Waals surface area contributed by atoms with Crippen LogP contribution in [-0.2, 0) is 4.79 Å². The molecule has 1 aliphatic carbocycles. The lowest BCUT2D eigenvalue weighted by molar-refractivity contribution is -0.115. The summed E-state index contributed by atoms with van der Waals surface area (Å²) in [6.07, 6.45) is 2.64. The Hall–Kier alpha value is -2.68. The van der Waals surface area contributed by atoms with Crippen LogP contribution in [0.25, 0.3) is 5.69 Å². The molecule has 1 fully saturated rings. The maximum atomic E-state index is 12.4. The van der Waals surface area contributed by atoms with E-state index in [1.54, 1.807) is 0 Å². The monoisotopic (exact) mass is 383 g/mol. The summed E-state index contributed by atoms with van der Waals surface area (Å²) in [6, 6.07) is 10.3. The van der Waals surface area contributed by atoms with Crippen LogP contribution in [0.4, 0.5) is 5.69 Å². The van der Waals surface area contributed by atoms with Crippen molar-refractivity contribution in [3.63, 3.8) is 0 Å². The summed E-state index contributed by atoms with van der Waals surface area (Å²) in [5.41, 5.74) is 3.46. The molecule has 1 N–H and O–H groups in total. The number of nitrogens with zero attached hydrogens (tertiary/aromatic N) is 6. The van der Waals surface area contributed by atoms with Crippen molar-refractivity contribution in [1.82, 2.24) is 30.0 Å². The summed E-state index contributed by atoms with van der Waals surface area (Å²) in [7, 11) is 0. The Morgan fingerprint density at radius 3 is 2.78 bits per heavy atom. The molecule has 27 heavy (non-hydrogen) atoms. The van der Waals surface area contributed by atoms with Gasteiger partial charge in [0.05, 0.1) is 28.8 Å². The van der Waals surface area contributed by atoms with E-state index in [1.807, 2.05) is 53.5 Å². The molecule has 1 amide bonds. The van der Waals surface area contributed by atoms with E-state index < -0.39 is 0 Å². The van der Waals surface area contributed by atoms with E-state index in [1.165, 1.54) is 11.8 Å². The van der Waals surface area contributed by atoms with Crippen molar-refractivity contribution in [3.8, 4) is 5.69 Å². The molecule has 140 valence electrons. The van der Waals surface area contributed by atoms with Gasteiger partial charge < -0.3 is 5.32 Å². The van der Waals surface area contributed by atoms with Crippen molar-refractivity contribution in [2.24, 2.45) is 0 Å². The number of benzene rings is 1. The molecule has 0 bridgehead atoms. The highest BCUT2D eigenvalue weighted by atomic mass is 32.2. The molecule has 0 aliphatic heterocycles. The molecule has 1 saturated carbocycles. The summed E-state index contributed by atoms with van der Waals surface area (Å²) in [5, 5.41) is 20.1. The van der Waals surface area contributed by atoms with Gasteiger partial charge in [-0.25, -0.2) is 9.36 Å². The number of anilines is 1. The Morgan fingerprint density at radius 1 is 1.26 bits per heavy atom. The number of tetrazole rings is 1. The largest absolute Gasteiger partial charge is 0.323 e. The van der Waals surface area contributed by atoms with Crippen molar-refractivity contribution in [1.29, 1.82) is 0 Å². The van der Waals surface area contributed by atoms with Crippen LogP contribution < -0.4 is 5.32 Å². The molecule has 3 aromatic rings. The number of carbonyl (C=O) groups is 1. The van der Waals surface area contributed by atoms with Crippen molar-refractivity contribution in [3.05, 3.63) is 41.7 Å². The zero-order valence-electron chi connectivity index (χ0n) is 15.3. The molecule has 2 heterocycles. The Labute approximate surface area is 161 Å². The van der Waals surface area contributed by atoms with Gasteiger partial charge in [-0.2, -0.15) is 5.10 Å². The van der Waals surface area contributed by atoms with Gasteiger partial charge in [0.25, 0.3) is 0 Å². The van der Waals surface area contributed by atoms with E-state index in [0.29, 0.717) is 18.2 Å². The molecule has 0 unspecified atom stereocenters. The lowest BCUT2D eigenvalue weighted by Gasteiger charge is -2.07. The lowest BCUT2D eigenvalue weighted by atomic mass is 10.3. The molecule has 0 spiro atoms. The molecule has 2 aromatic heterocycles. The first-order chi connectivity index (χ1) is 13.1. The minimum atomic E-state index is -0.0354. The third kappa shape index (κ3) is 3.87. The molecule has 8 nitrogen and oxygen atoms in total. The van der Waals surface area contributed by atoms with Gasteiger partial charge in [0.2, 0.25) is 11.1 Å². The predicted molar refractivity (Wildman–Crippen MR) is 103 cm³/mol.